The molecule has 2 aromatic rings. The number of anilines is 1. The average Bonchev–Trinajstić information content (AvgIpc) is 3.31. The van der Waals surface area contributed by atoms with Crippen LogP contribution in [0.2, 0.25) is 0 Å². The summed E-state index contributed by atoms with van der Waals surface area (Å²) in [6.07, 6.45) is 1.52. The fourth-order valence-corrected chi connectivity index (χ4v) is 4.68. The smallest absolute Gasteiger partial charge is 0.338 e. The lowest BCUT2D eigenvalue weighted by molar-refractivity contribution is -0.138. The molecule has 11 nitrogen and oxygen atoms in total. The summed E-state index contributed by atoms with van der Waals surface area (Å²) >= 11 is 1.50. The molecule has 1 aromatic heterocycles. The van der Waals surface area contributed by atoms with Gasteiger partial charge in [-0.05, 0) is 30.4 Å². The minimum atomic E-state index is -0.620. The van der Waals surface area contributed by atoms with E-state index in [0.29, 0.717) is 65.7 Å². The Morgan fingerprint density at radius 3 is 2.78 bits per heavy atom. The zero-order valence-corrected chi connectivity index (χ0v) is 22.0. The number of rotatable bonds is 10. The lowest BCUT2D eigenvalue weighted by atomic mass is 9.95. The van der Waals surface area contributed by atoms with Crippen LogP contribution in [0.1, 0.15) is 25.5 Å². The van der Waals surface area contributed by atoms with Gasteiger partial charge in [0, 0.05) is 18.8 Å². The van der Waals surface area contributed by atoms with E-state index in [2.05, 4.69) is 22.0 Å². The molecule has 1 fully saturated rings. The van der Waals surface area contributed by atoms with Crippen LogP contribution in [-0.2, 0) is 19.1 Å². The van der Waals surface area contributed by atoms with Gasteiger partial charge in [0.15, 0.2) is 18.1 Å². The number of methoxy groups -OCH3 is 1. The lowest BCUT2D eigenvalue weighted by Crippen LogP contribution is -2.43. The Bertz CT molecular complexity index is 1190. The Hall–Kier alpha value is -3.51. The summed E-state index contributed by atoms with van der Waals surface area (Å²) in [7, 11) is 1.52. The van der Waals surface area contributed by atoms with E-state index < -0.39 is 12.0 Å². The number of allylic oxidation sites excluding steroid dienone is 1. The molecule has 3 heterocycles. The summed E-state index contributed by atoms with van der Waals surface area (Å²) in [5.41, 5.74) is 1.72. The second-order valence-electron chi connectivity index (χ2n) is 8.24. The fourth-order valence-electron chi connectivity index (χ4n) is 4.12. The Morgan fingerprint density at radius 1 is 1.30 bits per heavy atom. The number of benzene rings is 1. The van der Waals surface area contributed by atoms with Crippen molar-refractivity contribution in [1.29, 1.82) is 0 Å². The molecule has 0 aliphatic carbocycles. The van der Waals surface area contributed by atoms with Crippen LogP contribution < -0.4 is 14.8 Å². The van der Waals surface area contributed by atoms with Gasteiger partial charge in [0.25, 0.3) is 5.91 Å². The number of nitrogens with one attached hydrogen (secondary N) is 1. The van der Waals surface area contributed by atoms with Gasteiger partial charge in [-0.3, -0.25) is 4.79 Å². The van der Waals surface area contributed by atoms with Crippen molar-refractivity contribution in [3.8, 4) is 11.5 Å². The monoisotopic (exact) mass is 529 g/mol. The highest BCUT2D eigenvalue weighted by molar-refractivity contribution is 7.99. The third-order valence-electron chi connectivity index (χ3n) is 5.88. The van der Waals surface area contributed by atoms with Crippen LogP contribution in [0.15, 0.2) is 47.3 Å². The zero-order valence-electron chi connectivity index (χ0n) is 21.2. The van der Waals surface area contributed by atoms with Crippen molar-refractivity contribution in [1.82, 2.24) is 19.7 Å². The molecule has 1 saturated heterocycles. The van der Waals surface area contributed by atoms with Crippen LogP contribution in [-0.4, -0.2) is 83.9 Å². The number of morpholine rings is 1. The summed E-state index contributed by atoms with van der Waals surface area (Å²) in [4.78, 5) is 31.9. The van der Waals surface area contributed by atoms with Crippen LogP contribution in [0.5, 0.6) is 11.5 Å². The van der Waals surface area contributed by atoms with E-state index >= 15 is 0 Å². The molecule has 2 aliphatic heterocycles. The number of hydrogen-bond acceptors (Lipinski definition) is 10. The number of aromatic nitrogens is 3. The maximum Gasteiger partial charge on any atom is 0.338 e. The molecule has 1 atom stereocenters. The molecule has 0 bridgehead atoms. The van der Waals surface area contributed by atoms with Gasteiger partial charge < -0.3 is 29.2 Å². The summed E-state index contributed by atoms with van der Waals surface area (Å²) in [6.45, 7) is 9.53. The van der Waals surface area contributed by atoms with Crippen molar-refractivity contribution in [3.63, 3.8) is 0 Å². The van der Waals surface area contributed by atoms with Gasteiger partial charge in [0.05, 0.1) is 25.9 Å². The van der Waals surface area contributed by atoms with E-state index in [4.69, 9.17) is 18.9 Å². The van der Waals surface area contributed by atoms with E-state index in [-0.39, 0.29) is 19.1 Å². The molecule has 198 valence electrons. The van der Waals surface area contributed by atoms with Gasteiger partial charge in [-0.25, -0.2) is 9.48 Å². The van der Waals surface area contributed by atoms with E-state index in [1.54, 1.807) is 28.6 Å². The molecule has 0 saturated carbocycles. The molecule has 0 radical (unpaired) electrons. The zero-order chi connectivity index (χ0) is 26.4. The minimum absolute atomic E-state index is 0.0801. The number of hydrogen-bond donors (Lipinski definition) is 1. The van der Waals surface area contributed by atoms with E-state index in [9.17, 15) is 9.59 Å². The SMILES string of the molecule is C=CCOC(=O)C1=C(C)Nc2nc(SCC)nn2C1c1ccc(OCC(=O)N2CCOCC2)c(OC)c1. The van der Waals surface area contributed by atoms with Crippen molar-refractivity contribution >= 4 is 29.6 Å². The topological polar surface area (TPSA) is 117 Å². The largest absolute Gasteiger partial charge is 0.493 e. The van der Waals surface area contributed by atoms with Crippen molar-refractivity contribution in [3.05, 3.63) is 47.7 Å². The predicted octanol–water partition coefficient (Wildman–Crippen LogP) is 2.65. The molecule has 1 amide bonds. The number of carbonyl (C=O) groups excluding carboxylic acids is 2. The van der Waals surface area contributed by atoms with Crippen molar-refractivity contribution < 1.29 is 28.5 Å². The van der Waals surface area contributed by atoms with Gasteiger partial charge in [-0.2, -0.15) is 4.98 Å². The van der Waals surface area contributed by atoms with Crippen LogP contribution in [0.25, 0.3) is 0 Å². The van der Waals surface area contributed by atoms with Gasteiger partial charge in [-0.15, -0.1) is 5.10 Å². The number of carbonyl (C=O) groups is 2. The highest BCUT2D eigenvalue weighted by atomic mass is 32.2. The van der Waals surface area contributed by atoms with Crippen LogP contribution >= 0.6 is 11.8 Å². The average molecular weight is 530 g/mol. The van der Waals surface area contributed by atoms with Crippen LogP contribution in [0.4, 0.5) is 5.95 Å². The maximum atomic E-state index is 13.1. The lowest BCUT2D eigenvalue weighted by Gasteiger charge is -2.28. The first-order valence-corrected chi connectivity index (χ1v) is 13.0. The molecule has 2 aliphatic rings. The fraction of sp³-hybridized carbons (Fsp3) is 0.440. The molecular weight excluding hydrogens is 498 g/mol. The van der Waals surface area contributed by atoms with E-state index in [1.807, 2.05) is 13.0 Å². The van der Waals surface area contributed by atoms with Gasteiger partial charge in [-0.1, -0.05) is 37.4 Å². The minimum Gasteiger partial charge on any atom is -0.493 e. The van der Waals surface area contributed by atoms with Crippen molar-refractivity contribution in [2.24, 2.45) is 0 Å². The first-order valence-electron chi connectivity index (χ1n) is 12.0. The van der Waals surface area contributed by atoms with E-state index in [1.165, 1.54) is 24.9 Å². The van der Waals surface area contributed by atoms with Crippen molar-refractivity contribution in [2.45, 2.75) is 25.0 Å². The number of fused-ring (bicyclic) bond motifs is 1. The second-order valence-corrected chi connectivity index (χ2v) is 9.47. The summed E-state index contributed by atoms with van der Waals surface area (Å²) in [6, 6.07) is 4.70. The molecule has 12 heteroatoms. The summed E-state index contributed by atoms with van der Waals surface area (Å²) in [5, 5.41) is 8.41. The normalized spacial score (nSPS) is 17.1. The molecule has 1 unspecified atom stereocenters. The number of nitrogens with zero attached hydrogens (tertiary/aromatic N) is 4. The summed E-state index contributed by atoms with van der Waals surface area (Å²) in [5.74, 6) is 1.56. The Labute approximate surface area is 219 Å². The molecule has 37 heavy (non-hydrogen) atoms. The first kappa shape index (κ1) is 26.6. The Morgan fingerprint density at radius 2 is 2.08 bits per heavy atom. The van der Waals surface area contributed by atoms with Gasteiger partial charge in [0.2, 0.25) is 11.1 Å². The predicted molar refractivity (Wildman–Crippen MR) is 138 cm³/mol. The third kappa shape index (κ3) is 5.91. The molecule has 1 aromatic carbocycles. The van der Waals surface area contributed by atoms with Crippen LogP contribution in [0, 0.1) is 0 Å². The highest BCUT2D eigenvalue weighted by Crippen LogP contribution is 2.39. The van der Waals surface area contributed by atoms with Gasteiger partial charge >= 0.3 is 5.97 Å². The Kier molecular flexibility index (Phi) is 8.72. The number of thioether (sulfide) groups is 1. The number of ether oxygens (including phenoxy) is 4. The molecule has 0 spiro atoms. The molecule has 4 rings (SSSR count). The van der Waals surface area contributed by atoms with E-state index in [0.717, 1.165) is 5.75 Å². The summed E-state index contributed by atoms with van der Waals surface area (Å²) < 4.78 is 23.8. The molecular formula is C25H31N5O6S. The number of amides is 1. The van der Waals surface area contributed by atoms with Crippen molar-refractivity contribution in [2.75, 3.05) is 57.7 Å². The van der Waals surface area contributed by atoms with Crippen LogP contribution in [0.3, 0.4) is 0 Å². The maximum absolute atomic E-state index is 13.1. The third-order valence-corrected chi connectivity index (χ3v) is 6.60. The van der Waals surface area contributed by atoms with Gasteiger partial charge in [0.1, 0.15) is 12.6 Å². The first-order chi connectivity index (χ1) is 18.0. The second kappa shape index (κ2) is 12.2. The highest BCUT2D eigenvalue weighted by Gasteiger charge is 2.35. The quantitative estimate of drug-likeness (QED) is 0.280. The number of esters is 1. The standard InChI is InChI=1S/C25H31N5O6S/c1-5-11-35-23(32)21-16(3)26-24-27-25(37-6-2)28-30(24)22(21)17-7-8-18(19(14-17)33-4)36-15-20(31)29-9-12-34-13-10-29/h5,7-8,14,22H,1,6,9-13,15H2,2-4H3,(H,26,27,28). The molecule has 1 N–H and O–H groups in total. The Balaban J connectivity index is 1.65.